The molecule has 1 fully saturated rings. The predicted octanol–water partition coefficient (Wildman–Crippen LogP) is 4.00. The summed E-state index contributed by atoms with van der Waals surface area (Å²) in [6, 6.07) is 12.7. The van der Waals surface area contributed by atoms with Crippen LogP contribution in [-0.4, -0.2) is 48.8 Å². The zero-order valence-corrected chi connectivity index (χ0v) is 17.3. The van der Waals surface area contributed by atoms with Gasteiger partial charge in [0, 0.05) is 48.1 Å². The van der Waals surface area contributed by atoms with E-state index in [9.17, 15) is 9.59 Å². The van der Waals surface area contributed by atoms with Crippen molar-refractivity contribution in [2.75, 3.05) is 36.4 Å². The highest BCUT2D eigenvalue weighted by Gasteiger charge is 2.26. The van der Waals surface area contributed by atoms with Crippen LogP contribution in [0.2, 0.25) is 5.02 Å². The smallest absolute Gasteiger partial charge is 0.241 e. The van der Waals surface area contributed by atoms with E-state index < -0.39 is 0 Å². The minimum Gasteiger partial charge on any atom is -0.369 e. The molecule has 148 valence electrons. The van der Waals surface area contributed by atoms with Crippen molar-refractivity contribution in [2.45, 2.75) is 26.8 Å². The van der Waals surface area contributed by atoms with E-state index in [1.54, 1.807) is 24.3 Å². The predicted molar refractivity (Wildman–Crippen MR) is 115 cm³/mol. The zero-order valence-electron chi connectivity index (χ0n) is 16.5. The second-order valence-electron chi connectivity index (χ2n) is 7.26. The van der Waals surface area contributed by atoms with Gasteiger partial charge in [-0.2, -0.15) is 0 Å². The first kappa shape index (κ1) is 20.4. The van der Waals surface area contributed by atoms with E-state index in [4.69, 9.17) is 11.6 Å². The first-order valence-corrected chi connectivity index (χ1v) is 9.90. The van der Waals surface area contributed by atoms with Crippen LogP contribution in [0.15, 0.2) is 42.5 Å². The van der Waals surface area contributed by atoms with Crippen LogP contribution < -0.4 is 10.2 Å². The van der Waals surface area contributed by atoms with Gasteiger partial charge in [-0.3, -0.25) is 14.5 Å². The van der Waals surface area contributed by atoms with Gasteiger partial charge in [0.1, 0.15) is 0 Å². The molecular weight excluding hydrogens is 374 g/mol. The van der Waals surface area contributed by atoms with Crippen LogP contribution in [0.1, 0.15) is 29.8 Å². The molecule has 28 heavy (non-hydrogen) atoms. The Morgan fingerprint density at radius 1 is 1.07 bits per heavy atom. The normalized spacial score (nSPS) is 15.9. The summed E-state index contributed by atoms with van der Waals surface area (Å²) in [5.74, 6) is -0.0790. The molecule has 1 atom stereocenters. The highest BCUT2D eigenvalue weighted by atomic mass is 35.5. The first-order chi connectivity index (χ1) is 13.3. The fourth-order valence-corrected chi connectivity index (χ4v) is 3.67. The number of piperazine rings is 1. The van der Waals surface area contributed by atoms with Crippen molar-refractivity contribution in [2.24, 2.45) is 0 Å². The SMILES string of the molecule is CC(=O)c1cccc(NC(=O)[C@@H](C)N2CCN(c3cc(Cl)ccc3C)CC2)c1. The van der Waals surface area contributed by atoms with E-state index in [0.717, 1.165) is 36.9 Å². The van der Waals surface area contributed by atoms with Crippen molar-refractivity contribution < 1.29 is 9.59 Å². The van der Waals surface area contributed by atoms with Crippen molar-refractivity contribution in [3.05, 3.63) is 58.6 Å². The summed E-state index contributed by atoms with van der Waals surface area (Å²) >= 11 is 6.15. The summed E-state index contributed by atoms with van der Waals surface area (Å²) in [7, 11) is 0. The Kier molecular flexibility index (Phi) is 6.37. The number of ketones is 1. The number of nitrogens with zero attached hydrogens (tertiary/aromatic N) is 2. The summed E-state index contributed by atoms with van der Waals surface area (Å²) in [6.45, 7) is 8.82. The fraction of sp³-hybridized carbons (Fsp3) is 0.364. The van der Waals surface area contributed by atoms with Gasteiger partial charge in [0.05, 0.1) is 6.04 Å². The van der Waals surface area contributed by atoms with Crippen LogP contribution in [0, 0.1) is 6.92 Å². The number of hydrogen-bond acceptors (Lipinski definition) is 4. The highest BCUT2D eigenvalue weighted by Crippen LogP contribution is 2.25. The molecule has 0 aliphatic carbocycles. The van der Waals surface area contributed by atoms with Crippen LogP contribution in [0.3, 0.4) is 0 Å². The molecule has 1 amide bonds. The molecule has 0 radical (unpaired) electrons. The van der Waals surface area contributed by atoms with Crippen LogP contribution >= 0.6 is 11.6 Å². The largest absolute Gasteiger partial charge is 0.369 e. The number of nitrogens with one attached hydrogen (secondary N) is 1. The van der Waals surface area contributed by atoms with Gasteiger partial charge < -0.3 is 10.2 Å². The molecular formula is C22H26ClN3O2. The molecule has 1 heterocycles. The number of anilines is 2. The lowest BCUT2D eigenvalue weighted by atomic mass is 10.1. The standard InChI is InChI=1S/C22H26ClN3O2/c1-15-7-8-19(23)14-21(15)26-11-9-25(10-12-26)16(2)22(28)24-20-6-4-5-18(13-20)17(3)27/h4-8,13-14,16H,9-12H2,1-3H3,(H,24,28)/t16-/m1/s1. The zero-order chi connectivity index (χ0) is 20.3. The molecule has 0 aromatic heterocycles. The fourth-order valence-electron chi connectivity index (χ4n) is 3.50. The van der Waals surface area contributed by atoms with Gasteiger partial charge in [0.2, 0.25) is 5.91 Å². The molecule has 1 saturated heterocycles. The van der Waals surface area contributed by atoms with Crippen molar-refractivity contribution >= 4 is 34.7 Å². The minimum absolute atomic E-state index is 0.0171. The molecule has 3 rings (SSSR count). The Morgan fingerprint density at radius 3 is 2.46 bits per heavy atom. The third-order valence-electron chi connectivity index (χ3n) is 5.29. The number of Topliss-reactive ketones (excluding diaryl/α,β-unsaturated/α-hetero) is 1. The molecule has 1 aliphatic heterocycles. The van der Waals surface area contributed by atoms with Gasteiger partial charge in [-0.15, -0.1) is 0 Å². The molecule has 0 saturated carbocycles. The number of carbonyl (C=O) groups is 2. The molecule has 0 spiro atoms. The van der Waals surface area contributed by atoms with Crippen molar-refractivity contribution in [1.82, 2.24) is 4.90 Å². The number of amides is 1. The number of benzene rings is 2. The third-order valence-corrected chi connectivity index (χ3v) is 5.53. The van der Waals surface area contributed by atoms with Crippen LogP contribution in [-0.2, 0) is 4.79 Å². The van der Waals surface area contributed by atoms with Crippen molar-refractivity contribution in [1.29, 1.82) is 0 Å². The average Bonchev–Trinajstić information content (AvgIpc) is 2.69. The van der Waals surface area contributed by atoms with Crippen LogP contribution in [0.4, 0.5) is 11.4 Å². The number of halogens is 1. The average molecular weight is 400 g/mol. The quantitative estimate of drug-likeness (QED) is 0.772. The van der Waals surface area contributed by atoms with Crippen molar-refractivity contribution in [3.8, 4) is 0 Å². The van der Waals surface area contributed by atoms with Gasteiger partial charge in [-0.1, -0.05) is 29.8 Å². The highest BCUT2D eigenvalue weighted by molar-refractivity contribution is 6.30. The Labute approximate surface area is 171 Å². The van der Waals surface area contributed by atoms with E-state index in [0.29, 0.717) is 11.3 Å². The van der Waals surface area contributed by atoms with Crippen LogP contribution in [0.25, 0.3) is 0 Å². The molecule has 0 bridgehead atoms. The Bertz CT molecular complexity index is 876. The summed E-state index contributed by atoms with van der Waals surface area (Å²) in [5, 5.41) is 3.67. The Morgan fingerprint density at radius 2 is 1.79 bits per heavy atom. The first-order valence-electron chi connectivity index (χ1n) is 9.52. The molecule has 0 unspecified atom stereocenters. The van der Waals surface area contributed by atoms with E-state index >= 15 is 0 Å². The molecule has 5 nitrogen and oxygen atoms in total. The summed E-state index contributed by atoms with van der Waals surface area (Å²) < 4.78 is 0. The summed E-state index contributed by atoms with van der Waals surface area (Å²) in [6.07, 6.45) is 0. The lowest BCUT2D eigenvalue weighted by molar-refractivity contribution is -0.120. The number of carbonyl (C=O) groups excluding carboxylic acids is 2. The maximum Gasteiger partial charge on any atom is 0.241 e. The van der Waals surface area contributed by atoms with Gasteiger partial charge in [0.25, 0.3) is 0 Å². The van der Waals surface area contributed by atoms with E-state index in [2.05, 4.69) is 22.0 Å². The topological polar surface area (TPSA) is 52.7 Å². The molecule has 1 N–H and O–H groups in total. The second-order valence-corrected chi connectivity index (χ2v) is 7.69. The van der Waals surface area contributed by atoms with E-state index in [1.807, 2.05) is 25.1 Å². The molecule has 1 aliphatic rings. The molecule has 6 heteroatoms. The maximum atomic E-state index is 12.7. The number of rotatable bonds is 5. The van der Waals surface area contributed by atoms with Gasteiger partial charge in [-0.25, -0.2) is 0 Å². The lowest BCUT2D eigenvalue weighted by Gasteiger charge is -2.39. The van der Waals surface area contributed by atoms with Gasteiger partial charge >= 0.3 is 0 Å². The Hall–Kier alpha value is -2.37. The number of hydrogen-bond donors (Lipinski definition) is 1. The summed E-state index contributed by atoms with van der Waals surface area (Å²) in [4.78, 5) is 28.7. The van der Waals surface area contributed by atoms with Crippen LogP contribution in [0.5, 0.6) is 0 Å². The summed E-state index contributed by atoms with van der Waals surface area (Å²) in [5.41, 5.74) is 3.60. The van der Waals surface area contributed by atoms with E-state index in [-0.39, 0.29) is 17.7 Å². The second kappa shape index (κ2) is 8.76. The van der Waals surface area contributed by atoms with Crippen molar-refractivity contribution in [3.63, 3.8) is 0 Å². The monoisotopic (exact) mass is 399 g/mol. The van der Waals surface area contributed by atoms with E-state index in [1.165, 1.54) is 12.5 Å². The Balaban J connectivity index is 1.59. The minimum atomic E-state index is -0.247. The molecule has 2 aromatic rings. The third kappa shape index (κ3) is 4.72. The van der Waals surface area contributed by atoms with Gasteiger partial charge in [-0.05, 0) is 50.6 Å². The maximum absolute atomic E-state index is 12.7. The number of aryl methyl sites for hydroxylation is 1. The lowest BCUT2D eigenvalue weighted by Crippen LogP contribution is -2.53. The van der Waals surface area contributed by atoms with Gasteiger partial charge in [0.15, 0.2) is 5.78 Å². The molecule has 2 aromatic carbocycles.